The highest BCUT2D eigenvalue weighted by Crippen LogP contribution is 2.41. The summed E-state index contributed by atoms with van der Waals surface area (Å²) in [5.41, 5.74) is 1.92. The topological polar surface area (TPSA) is 76.3 Å². The smallest absolute Gasteiger partial charge is 0.253 e. The Labute approximate surface area is 203 Å². The van der Waals surface area contributed by atoms with E-state index >= 15 is 0 Å². The van der Waals surface area contributed by atoms with Crippen molar-refractivity contribution in [3.8, 4) is 11.4 Å². The van der Waals surface area contributed by atoms with Crippen LogP contribution in [0.4, 0.5) is 0 Å². The van der Waals surface area contributed by atoms with Crippen LogP contribution in [0, 0.1) is 0 Å². The van der Waals surface area contributed by atoms with Crippen LogP contribution in [0.15, 0.2) is 69.8 Å². The molecule has 166 valence electrons. The Kier molecular flexibility index (Phi) is 5.57. The summed E-state index contributed by atoms with van der Waals surface area (Å²) in [7, 11) is 0. The van der Waals surface area contributed by atoms with Gasteiger partial charge in [-0.2, -0.15) is 5.10 Å². The molecule has 1 amide bonds. The number of hydrazone groups is 1. The second-order valence-corrected chi connectivity index (χ2v) is 10.8. The third-order valence-corrected chi connectivity index (χ3v) is 8.48. The monoisotopic (exact) mass is 492 g/mol. The summed E-state index contributed by atoms with van der Waals surface area (Å²) in [5.74, 6) is 1.07. The van der Waals surface area contributed by atoms with Crippen molar-refractivity contribution in [2.24, 2.45) is 5.10 Å². The van der Waals surface area contributed by atoms with E-state index in [2.05, 4.69) is 31.9 Å². The maximum atomic E-state index is 13.4. The van der Waals surface area contributed by atoms with E-state index in [1.54, 1.807) is 40.1 Å². The number of hydrogen-bond acceptors (Lipinski definition) is 8. The Balaban J connectivity index is 1.23. The van der Waals surface area contributed by atoms with Crippen LogP contribution in [0.5, 0.6) is 0 Å². The summed E-state index contributed by atoms with van der Waals surface area (Å²) in [6.45, 7) is 0. The van der Waals surface area contributed by atoms with Crippen molar-refractivity contribution in [2.45, 2.75) is 36.5 Å². The average Bonchev–Trinajstić information content (AvgIpc) is 3.34. The molecule has 1 atom stereocenters. The molecule has 2 aliphatic rings. The minimum absolute atomic E-state index is 0.0155. The van der Waals surface area contributed by atoms with Crippen LogP contribution in [0.3, 0.4) is 0 Å². The van der Waals surface area contributed by atoms with Crippen LogP contribution >= 0.6 is 34.4 Å². The van der Waals surface area contributed by atoms with Crippen molar-refractivity contribution in [3.63, 3.8) is 0 Å². The Morgan fingerprint density at radius 1 is 1.09 bits per heavy atom. The molecule has 4 aromatic heterocycles. The molecule has 0 spiro atoms. The summed E-state index contributed by atoms with van der Waals surface area (Å²) >= 11 is 4.76. The molecule has 1 aliphatic heterocycles. The predicted molar refractivity (Wildman–Crippen MR) is 132 cm³/mol. The number of aromatic nitrogens is 4. The lowest BCUT2D eigenvalue weighted by atomic mass is 10.1. The molecule has 1 aliphatic carbocycles. The number of amides is 1. The van der Waals surface area contributed by atoms with Gasteiger partial charge in [-0.3, -0.25) is 14.3 Å². The summed E-state index contributed by atoms with van der Waals surface area (Å²) < 4.78 is 2.16. The van der Waals surface area contributed by atoms with Crippen LogP contribution in [-0.2, 0) is 4.79 Å². The normalized spacial score (nSPS) is 18.0. The number of hydrogen-bond donors (Lipinski definition) is 0. The fourth-order valence-electron chi connectivity index (χ4n) is 3.96. The molecule has 0 N–H and O–H groups in total. The van der Waals surface area contributed by atoms with Gasteiger partial charge >= 0.3 is 0 Å². The van der Waals surface area contributed by atoms with Crippen molar-refractivity contribution in [3.05, 3.63) is 69.3 Å². The van der Waals surface area contributed by atoms with E-state index in [0.717, 1.165) is 51.3 Å². The zero-order chi connectivity index (χ0) is 22.2. The molecule has 6 rings (SSSR count). The van der Waals surface area contributed by atoms with Crippen molar-refractivity contribution in [2.75, 3.05) is 5.75 Å². The lowest BCUT2D eigenvalue weighted by molar-refractivity contribution is -0.130. The number of thiophene rings is 2. The Hall–Kier alpha value is -2.82. The molecule has 10 heteroatoms. The maximum absolute atomic E-state index is 13.4. The third kappa shape index (κ3) is 4.14. The molecule has 4 aromatic rings. The van der Waals surface area contributed by atoms with E-state index in [0.29, 0.717) is 6.04 Å². The zero-order valence-electron chi connectivity index (χ0n) is 17.6. The van der Waals surface area contributed by atoms with E-state index in [1.165, 1.54) is 11.8 Å². The largest absolute Gasteiger partial charge is 0.299 e. The second-order valence-electron chi connectivity index (χ2n) is 7.94. The highest BCUT2D eigenvalue weighted by Gasteiger charge is 2.35. The Morgan fingerprint density at radius 3 is 2.70 bits per heavy atom. The molecule has 0 unspecified atom stereocenters. The van der Waals surface area contributed by atoms with Gasteiger partial charge in [-0.05, 0) is 47.9 Å². The Morgan fingerprint density at radius 2 is 1.97 bits per heavy atom. The molecule has 7 nitrogen and oxygen atoms in total. The molecule has 1 saturated carbocycles. The second kappa shape index (κ2) is 8.85. The first-order valence-electron chi connectivity index (χ1n) is 10.7. The lowest BCUT2D eigenvalue weighted by Crippen LogP contribution is -2.28. The third-order valence-electron chi connectivity index (χ3n) is 5.66. The highest BCUT2D eigenvalue weighted by molar-refractivity contribution is 7.99. The number of pyridine rings is 1. The van der Waals surface area contributed by atoms with Gasteiger partial charge < -0.3 is 0 Å². The number of rotatable bonds is 7. The van der Waals surface area contributed by atoms with E-state index < -0.39 is 0 Å². The van der Waals surface area contributed by atoms with Gasteiger partial charge in [-0.1, -0.05) is 23.9 Å². The Bertz CT molecular complexity index is 1280. The van der Waals surface area contributed by atoms with Crippen LogP contribution in [0.1, 0.15) is 41.1 Å². The van der Waals surface area contributed by atoms with Gasteiger partial charge in [0.2, 0.25) is 0 Å². The van der Waals surface area contributed by atoms with E-state index in [4.69, 9.17) is 5.10 Å². The average molecular weight is 493 g/mol. The SMILES string of the molecule is O=C(CSc1nnc(-c2cccnc2)n1C1CC1)N1N=C(c2cccs2)C[C@@H]1c1cccs1. The quantitative estimate of drug-likeness (QED) is 0.329. The van der Waals surface area contributed by atoms with Gasteiger partial charge in [0.25, 0.3) is 5.91 Å². The molecule has 0 radical (unpaired) electrons. The molecule has 0 aromatic carbocycles. The summed E-state index contributed by atoms with van der Waals surface area (Å²) in [5, 5.41) is 20.2. The van der Waals surface area contributed by atoms with E-state index in [1.807, 2.05) is 35.0 Å². The predicted octanol–water partition coefficient (Wildman–Crippen LogP) is 5.27. The first kappa shape index (κ1) is 20.8. The number of thioether (sulfide) groups is 1. The van der Waals surface area contributed by atoms with E-state index in [9.17, 15) is 4.79 Å². The highest BCUT2D eigenvalue weighted by atomic mass is 32.2. The lowest BCUT2D eigenvalue weighted by Gasteiger charge is -2.20. The fourth-order valence-corrected chi connectivity index (χ4v) is 6.35. The molecule has 0 saturated heterocycles. The maximum Gasteiger partial charge on any atom is 0.253 e. The summed E-state index contributed by atoms with van der Waals surface area (Å²) in [4.78, 5) is 19.8. The number of carbonyl (C=O) groups excluding carboxylic acids is 1. The van der Waals surface area contributed by atoms with Gasteiger partial charge in [0, 0.05) is 35.3 Å². The van der Waals surface area contributed by atoms with Gasteiger partial charge in [-0.25, -0.2) is 5.01 Å². The standard InChI is InChI=1S/C23H20N6OS3/c30-21(29-18(20-6-3-11-32-20)12-17(27-29)19-5-2-10-31-19)14-33-23-26-25-22(28(23)16-7-8-16)15-4-1-9-24-13-15/h1-6,9-11,13,16,18H,7-8,12,14H2/t18-/m1/s1. The minimum Gasteiger partial charge on any atom is -0.299 e. The molecule has 0 bridgehead atoms. The van der Waals surface area contributed by atoms with Gasteiger partial charge in [0.15, 0.2) is 11.0 Å². The summed E-state index contributed by atoms with van der Waals surface area (Å²) in [6.07, 6.45) is 6.50. The van der Waals surface area contributed by atoms with Crippen molar-refractivity contribution < 1.29 is 4.79 Å². The van der Waals surface area contributed by atoms with Crippen molar-refractivity contribution in [1.29, 1.82) is 0 Å². The van der Waals surface area contributed by atoms with Crippen LogP contribution in [-0.4, -0.2) is 42.1 Å². The minimum atomic E-state index is -0.0533. The van der Waals surface area contributed by atoms with Gasteiger partial charge in [-0.15, -0.1) is 32.9 Å². The molecule has 1 fully saturated rings. The van der Waals surface area contributed by atoms with Crippen molar-refractivity contribution in [1.82, 2.24) is 24.8 Å². The molecular formula is C23H20N6OS3. The van der Waals surface area contributed by atoms with Crippen LogP contribution in [0.2, 0.25) is 0 Å². The first-order chi connectivity index (χ1) is 16.3. The van der Waals surface area contributed by atoms with Crippen molar-refractivity contribution >= 4 is 46.1 Å². The van der Waals surface area contributed by atoms with Gasteiger partial charge in [0.05, 0.1) is 22.4 Å². The number of carbonyl (C=O) groups is 1. The molecule has 5 heterocycles. The first-order valence-corrected chi connectivity index (χ1v) is 13.5. The van der Waals surface area contributed by atoms with Gasteiger partial charge in [0.1, 0.15) is 0 Å². The van der Waals surface area contributed by atoms with Crippen LogP contribution in [0.25, 0.3) is 11.4 Å². The van der Waals surface area contributed by atoms with E-state index in [-0.39, 0.29) is 17.7 Å². The molecular weight excluding hydrogens is 472 g/mol. The zero-order valence-corrected chi connectivity index (χ0v) is 20.0. The fraction of sp³-hybridized carbons (Fsp3) is 0.261. The number of nitrogens with zero attached hydrogens (tertiary/aromatic N) is 6. The van der Waals surface area contributed by atoms with Crippen LogP contribution < -0.4 is 0 Å². The summed E-state index contributed by atoms with van der Waals surface area (Å²) in [6, 6.07) is 12.4. The molecule has 33 heavy (non-hydrogen) atoms.